The number of azo groups is 2. The van der Waals surface area contributed by atoms with Gasteiger partial charge in [-0.15, -0.1) is 0 Å². The largest absolute Gasteiger partial charge is 0.364 e. The second-order valence-electron chi connectivity index (χ2n) is 7.82. The molecule has 1 fully saturated rings. The number of hydrogen-bond acceptors (Lipinski definition) is 6. The van der Waals surface area contributed by atoms with Gasteiger partial charge in [-0.1, -0.05) is 15.9 Å². The number of hydrogen-bond donors (Lipinski definition) is 1. The number of nitrogens with zero attached hydrogens (tertiary/aromatic N) is 7. The van der Waals surface area contributed by atoms with Gasteiger partial charge in [0, 0.05) is 12.2 Å². The smallest absolute Gasteiger partial charge is 0.328 e. The summed E-state index contributed by atoms with van der Waals surface area (Å²) in [5.41, 5.74) is 3.29. The summed E-state index contributed by atoms with van der Waals surface area (Å²) < 4.78 is 3.68. The molecule has 0 aliphatic carbocycles. The zero-order chi connectivity index (χ0) is 20.5. The molecule has 4 heterocycles. The van der Waals surface area contributed by atoms with E-state index in [2.05, 4.69) is 39.5 Å². The first kappa shape index (κ1) is 18.5. The van der Waals surface area contributed by atoms with Gasteiger partial charge >= 0.3 is 5.84 Å². The van der Waals surface area contributed by atoms with E-state index in [0.717, 1.165) is 61.0 Å². The minimum absolute atomic E-state index is 0.458. The van der Waals surface area contributed by atoms with Gasteiger partial charge in [0.15, 0.2) is 12.0 Å². The van der Waals surface area contributed by atoms with Gasteiger partial charge in [-0.2, -0.15) is 10.4 Å². The van der Waals surface area contributed by atoms with Gasteiger partial charge in [-0.05, 0) is 62.2 Å². The lowest BCUT2D eigenvalue weighted by molar-refractivity contribution is -0.379. The number of amidine groups is 1. The number of nitriles is 1. The number of likely N-dealkylation sites (tertiary alicyclic amines) is 1. The molecule has 3 aliphatic heterocycles. The van der Waals surface area contributed by atoms with E-state index in [9.17, 15) is 0 Å². The van der Waals surface area contributed by atoms with Crippen molar-refractivity contribution >= 4 is 11.5 Å². The van der Waals surface area contributed by atoms with Crippen molar-refractivity contribution in [2.24, 2.45) is 10.1 Å². The van der Waals surface area contributed by atoms with Crippen molar-refractivity contribution in [3.05, 3.63) is 65.9 Å². The zero-order valence-corrected chi connectivity index (χ0v) is 16.9. The first-order chi connectivity index (χ1) is 14.7. The third-order valence-electron chi connectivity index (χ3n) is 5.68. The second kappa shape index (κ2) is 7.69. The van der Waals surface area contributed by atoms with Gasteiger partial charge in [-0.25, -0.2) is 4.68 Å². The minimum Gasteiger partial charge on any atom is -0.364 e. The molecule has 150 valence electrons. The van der Waals surface area contributed by atoms with E-state index in [1.807, 2.05) is 35.3 Å². The first-order valence-corrected chi connectivity index (χ1v) is 10.2. The number of piperidine rings is 1. The Morgan fingerprint density at radius 3 is 2.97 bits per heavy atom. The van der Waals surface area contributed by atoms with Crippen LogP contribution in [0.2, 0.25) is 0 Å². The maximum Gasteiger partial charge on any atom is 0.328 e. The normalized spacial score (nSPS) is 19.3. The van der Waals surface area contributed by atoms with Crippen LogP contribution >= 0.6 is 0 Å². The van der Waals surface area contributed by atoms with Crippen molar-refractivity contribution in [2.75, 3.05) is 20.1 Å². The molecule has 8 nitrogen and oxygen atoms in total. The number of aliphatic imine (C=N–C) groups is 1. The van der Waals surface area contributed by atoms with Gasteiger partial charge < -0.3 is 10.2 Å². The Balaban J connectivity index is 1.35. The van der Waals surface area contributed by atoms with Crippen LogP contribution in [-0.4, -0.2) is 51.4 Å². The fourth-order valence-corrected chi connectivity index (χ4v) is 3.93. The molecule has 0 amide bonds. The van der Waals surface area contributed by atoms with Crippen LogP contribution in [0.25, 0.3) is 11.4 Å². The lowest BCUT2D eigenvalue weighted by atomic mass is 10.1. The quantitative estimate of drug-likeness (QED) is 0.801. The third-order valence-corrected chi connectivity index (χ3v) is 5.68. The van der Waals surface area contributed by atoms with E-state index >= 15 is 0 Å². The second-order valence-corrected chi connectivity index (χ2v) is 7.82. The maximum atomic E-state index is 9.13. The van der Waals surface area contributed by atoms with Gasteiger partial charge in [0.2, 0.25) is 5.70 Å². The zero-order valence-electron chi connectivity index (χ0n) is 16.9. The standard InChI is InChI=1S/C22H23N8/c1-28-9-7-18(8-10-28)26-21-5-6-22-24-14-20(30(22)27-21)17-13-25-29(15-17)19-4-2-3-16(11-19)12-23/h2-5,11,13-15,18,26H,6-10H2,1H3/q+1. The Hall–Kier alpha value is -3.57. The highest BCUT2D eigenvalue weighted by atomic mass is 15.4. The van der Waals surface area contributed by atoms with E-state index < -0.39 is 0 Å². The summed E-state index contributed by atoms with van der Waals surface area (Å²) in [6, 6.07) is 10.0. The van der Waals surface area contributed by atoms with Crippen molar-refractivity contribution < 1.29 is 4.70 Å². The fourth-order valence-electron chi connectivity index (χ4n) is 3.93. The highest BCUT2D eigenvalue weighted by Crippen LogP contribution is 2.26. The molecule has 1 aromatic carbocycles. The van der Waals surface area contributed by atoms with Crippen molar-refractivity contribution in [1.82, 2.24) is 20.0 Å². The Morgan fingerprint density at radius 1 is 1.27 bits per heavy atom. The van der Waals surface area contributed by atoms with E-state index in [1.165, 1.54) is 0 Å². The van der Waals surface area contributed by atoms with E-state index in [-0.39, 0.29) is 0 Å². The fraction of sp³-hybridized carbons (Fsp3) is 0.318. The average Bonchev–Trinajstić information content (AvgIpc) is 3.42. The molecule has 1 N–H and O–H groups in total. The van der Waals surface area contributed by atoms with Crippen LogP contribution in [0, 0.1) is 11.3 Å². The lowest BCUT2D eigenvalue weighted by Gasteiger charge is -2.30. The molecule has 30 heavy (non-hydrogen) atoms. The minimum atomic E-state index is 0.458. The number of rotatable bonds is 4. The summed E-state index contributed by atoms with van der Waals surface area (Å²) in [6.45, 7) is 2.22. The van der Waals surface area contributed by atoms with Crippen LogP contribution in [0.5, 0.6) is 0 Å². The summed E-state index contributed by atoms with van der Waals surface area (Å²) >= 11 is 0. The number of fused-ring (bicyclic) bond motifs is 1. The summed E-state index contributed by atoms with van der Waals surface area (Å²) in [6.07, 6.45) is 10.7. The summed E-state index contributed by atoms with van der Waals surface area (Å²) in [4.78, 5) is 6.91. The van der Waals surface area contributed by atoms with Crippen molar-refractivity contribution in [2.45, 2.75) is 25.3 Å². The molecule has 2 aromatic rings. The summed E-state index contributed by atoms with van der Waals surface area (Å²) in [5.74, 6) is 1.82. The topological polar surface area (TPSA) is 84.6 Å². The molecule has 1 aromatic heterocycles. The van der Waals surface area contributed by atoms with Crippen LogP contribution in [0.15, 0.2) is 64.9 Å². The van der Waals surface area contributed by atoms with Crippen LogP contribution in [-0.2, 0) is 0 Å². The third kappa shape index (κ3) is 3.55. The first-order valence-electron chi connectivity index (χ1n) is 10.2. The molecule has 0 atom stereocenters. The van der Waals surface area contributed by atoms with E-state index in [1.54, 1.807) is 16.9 Å². The van der Waals surface area contributed by atoms with Crippen LogP contribution in [0.3, 0.4) is 0 Å². The highest BCUT2D eigenvalue weighted by molar-refractivity contribution is 5.85. The van der Waals surface area contributed by atoms with Crippen molar-refractivity contribution in [3.63, 3.8) is 0 Å². The highest BCUT2D eigenvalue weighted by Gasteiger charge is 2.33. The van der Waals surface area contributed by atoms with E-state index in [4.69, 9.17) is 10.4 Å². The molecule has 0 saturated carbocycles. The molecule has 1 saturated heterocycles. The molecule has 0 bridgehead atoms. The van der Waals surface area contributed by atoms with Crippen LogP contribution < -0.4 is 5.32 Å². The molecule has 8 heteroatoms. The van der Waals surface area contributed by atoms with E-state index in [0.29, 0.717) is 11.6 Å². The van der Waals surface area contributed by atoms with Gasteiger partial charge in [0.1, 0.15) is 0 Å². The molecule has 0 spiro atoms. The molecule has 0 radical (unpaired) electrons. The van der Waals surface area contributed by atoms with Crippen molar-refractivity contribution in [1.29, 1.82) is 5.26 Å². The number of nitrogens with one attached hydrogen (secondary N) is 1. The van der Waals surface area contributed by atoms with Crippen molar-refractivity contribution in [3.8, 4) is 11.8 Å². The summed E-state index contributed by atoms with van der Waals surface area (Å²) in [5, 5.41) is 22.0. The Labute approximate surface area is 175 Å². The van der Waals surface area contributed by atoms with Crippen LogP contribution in [0.4, 0.5) is 0 Å². The molecule has 0 unspecified atom stereocenters. The van der Waals surface area contributed by atoms with Gasteiger partial charge in [-0.3, -0.25) is 0 Å². The van der Waals surface area contributed by atoms with Gasteiger partial charge in [0.25, 0.3) is 0 Å². The number of aromatic nitrogens is 2. The molecular formula is C22H23N8+. The Morgan fingerprint density at radius 2 is 2.13 bits per heavy atom. The van der Waals surface area contributed by atoms with Crippen LogP contribution in [0.1, 0.15) is 30.4 Å². The number of benzene rings is 1. The lowest BCUT2D eigenvalue weighted by Crippen LogP contribution is -2.40. The predicted molar refractivity (Wildman–Crippen MR) is 113 cm³/mol. The molecular weight excluding hydrogens is 376 g/mol. The monoisotopic (exact) mass is 399 g/mol. The predicted octanol–water partition coefficient (Wildman–Crippen LogP) is 2.85. The van der Waals surface area contributed by atoms with Gasteiger partial charge in [0.05, 0.1) is 35.5 Å². The average molecular weight is 399 g/mol. The molecule has 5 rings (SSSR count). The maximum absolute atomic E-state index is 9.13. The SMILES string of the molecule is CN1CCC(NC2=CCC3=NC=C(c4cnn(-c5cccc(C#N)c5)c4)[N+]3=N2)CC1. The Bertz CT molecular complexity index is 1140. The Kier molecular flexibility index (Phi) is 4.73. The molecule has 3 aliphatic rings. The summed E-state index contributed by atoms with van der Waals surface area (Å²) in [7, 11) is 2.17.